The molecule has 164 valence electrons. The molecule has 1 saturated heterocycles. The molecule has 0 aliphatic carbocycles. The second-order valence-electron chi connectivity index (χ2n) is 8.08. The molecule has 0 bridgehead atoms. The minimum Gasteiger partial charge on any atom is -0.362 e. The van der Waals surface area contributed by atoms with Crippen molar-refractivity contribution in [1.82, 2.24) is 27.8 Å². The van der Waals surface area contributed by atoms with E-state index in [1.807, 2.05) is 42.6 Å². The molecule has 32 heavy (non-hydrogen) atoms. The zero-order valence-corrected chi connectivity index (χ0v) is 20.3. The van der Waals surface area contributed by atoms with Crippen LogP contribution in [-0.4, -0.2) is 54.0 Å². The van der Waals surface area contributed by atoms with Gasteiger partial charge in [0.15, 0.2) is 0 Å². The summed E-state index contributed by atoms with van der Waals surface area (Å²) in [6.45, 7) is 6.03. The first kappa shape index (κ1) is 21.1. The van der Waals surface area contributed by atoms with Crippen LogP contribution < -0.4 is 10.2 Å². The molecule has 4 heterocycles. The highest BCUT2D eigenvalue weighted by Gasteiger charge is 2.18. The van der Waals surface area contributed by atoms with Crippen LogP contribution in [0.5, 0.6) is 0 Å². The van der Waals surface area contributed by atoms with Crippen molar-refractivity contribution in [2.75, 3.05) is 36.4 Å². The van der Waals surface area contributed by atoms with E-state index in [0.717, 1.165) is 65.5 Å². The molecular weight excluding hydrogens is 515 g/mol. The molecule has 0 spiro atoms. The van der Waals surface area contributed by atoms with Gasteiger partial charge in [0.1, 0.15) is 5.82 Å². The van der Waals surface area contributed by atoms with Gasteiger partial charge in [-0.05, 0) is 36.1 Å². The third-order valence-corrected chi connectivity index (χ3v) is 6.71. The highest BCUT2D eigenvalue weighted by molar-refractivity contribution is 14.1. The number of fused-ring (bicyclic) bond motifs is 1. The number of nitrogens with zero attached hydrogens (tertiary/aromatic N) is 7. The van der Waals surface area contributed by atoms with E-state index in [1.165, 1.54) is 0 Å². The number of piperazine rings is 1. The van der Waals surface area contributed by atoms with Crippen LogP contribution in [0.15, 0.2) is 55.1 Å². The van der Waals surface area contributed by atoms with Gasteiger partial charge in [0.25, 0.3) is 0 Å². The van der Waals surface area contributed by atoms with E-state index < -0.39 is 0 Å². The Morgan fingerprint density at radius 1 is 0.969 bits per heavy atom. The van der Waals surface area contributed by atoms with Crippen molar-refractivity contribution in [2.24, 2.45) is 7.05 Å². The van der Waals surface area contributed by atoms with Gasteiger partial charge in [0.05, 0.1) is 17.9 Å². The SMILES string of the molecule is CC(Nc1cc2cc(-c3cnn(C)c3)ccc2cn1)c1ccnc(N2CCN(I)CC2)n1. The standard InChI is InChI=1S/C23H25IN8/c1-16(21-5-6-25-23(29-21)31-7-9-32(24)10-8-31)28-22-12-19-11-17(3-4-18(19)13-26-22)20-14-27-30(2)15-20/h3-6,11-16H,7-10H2,1-2H3,(H,26,28). The molecule has 4 aromatic rings. The Hall–Kier alpha value is -2.79. The predicted molar refractivity (Wildman–Crippen MR) is 136 cm³/mol. The first-order chi connectivity index (χ1) is 15.5. The molecule has 1 aromatic carbocycles. The summed E-state index contributed by atoms with van der Waals surface area (Å²) in [6.07, 6.45) is 7.67. The predicted octanol–water partition coefficient (Wildman–Crippen LogP) is 4.07. The van der Waals surface area contributed by atoms with Crippen molar-refractivity contribution in [3.63, 3.8) is 0 Å². The largest absolute Gasteiger partial charge is 0.362 e. The maximum Gasteiger partial charge on any atom is 0.225 e. The minimum absolute atomic E-state index is 0.00840. The molecule has 8 nitrogen and oxygen atoms in total. The van der Waals surface area contributed by atoms with Gasteiger partial charge in [-0.1, -0.05) is 12.1 Å². The van der Waals surface area contributed by atoms with Crippen LogP contribution in [0.1, 0.15) is 18.7 Å². The van der Waals surface area contributed by atoms with E-state index >= 15 is 0 Å². The van der Waals surface area contributed by atoms with Gasteiger partial charge in [-0.3, -0.25) is 4.68 Å². The monoisotopic (exact) mass is 540 g/mol. The summed E-state index contributed by atoms with van der Waals surface area (Å²) in [5.41, 5.74) is 3.20. The first-order valence-electron chi connectivity index (χ1n) is 10.7. The third-order valence-electron chi connectivity index (χ3n) is 5.74. The number of halogens is 1. The van der Waals surface area contributed by atoms with E-state index in [-0.39, 0.29) is 6.04 Å². The van der Waals surface area contributed by atoms with Gasteiger partial charge in [-0.2, -0.15) is 5.10 Å². The van der Waals surface area contributed by atoms with E-state index in [4.69, 9.17) is 4.98 Å². The smallest absolute Gasteiger partial charge is 0.225 e. The molecule has 0 radical (unpaired) electrons. The molecule has 5 rings (SSSR count). The summed E-state index contributed by atoms with van der Waals surface area (Å²) in [5.74, 6) is 1.63. The molecule has 0 saturated carbocycles. The molecule has 1 aliphatic rings. The van der Waals surface area contributed by atoms with E-state index in [0.29, 0.717) is 0 Å². The van der Waals surface area contributed by atoms with Crippen LogP contribution in [0.2, 0.25) is 0 Å². The number of nitrogens with one attached hydrogen (secondary N) is 1. The van der Waals surface area contributed by atoms with Crippen molar-refractivity contribution in [2.45, 2.75) is 13.0 Å². The van der Waals surface area contributed by atoms with Crippen molar-refractivity contribution < 1.29 is 0 Å². The zero-order chi connectivity index (χ0) is 22.1. The Labute approximate surface area is 201 Å². The first-order valence-corrected chi connectivity index (χ1v) is 11.7. The number of hydrogen-bond donors (Lipinski definition) is 1. The summed E-state index contributed by atoms with van der Waals surface area (Å²) >= 11 is 2.37. The van der Waals surface area contributed by atoms with Crippen molar-refractivity contribution >= 4 is 45.4 Å². The average Bonchev–Trinajstić information content (AvgIpc) is 3.25. The van der Waals surface area contributed by atoms with E-state index in [2.05, 4.69) is 82.5 Å². The fourth-order valence-corrected chi connectivity index (χ4v) is 4.33. The lowest BCUT2D eigenvalue weighted by atomic mass is 10.0. The Kier molecular flexibility index (Phi) is 5.92. The number of pyridine rings is 1. The summed E-state index contributed by atoms with van der Waals surface area (Å²) in [7, 11) is 1.93. The summed E-state index contributed by atoms with van der Waals surface area (Å²) < 4.78 is 4.12. The van der Waals surface area contributed by atoms with Crippen LogP contribution in [0.3, 0.4) is 0 Å². The van der Waals surface area contributed by atoms with Crippen LogP contribution in [0.4, 0.5) is 11.8 Å². The molecule has 3 aromatic heterocycles. The highest BCUT2D eigenvalue weighted by atomic mass is 127. The van der Waals surface area contributed by atoms with Gasteiger partial charge in [-0.15, -0.1) is 0 Å². The highest BCUT2D eigenvalue weighted by Crippen LogP contribution is 2.26. The van der Waals surface area contributed by atoms with Crippen LogP contribution in [-0.2, 0) is 7.05 Å². The second-order valence-corrected chi connectivity index (χ2v) is 9.44. The fraction of sp³-hybridized carbons (Fsp3) is 0.304. The number of rotatable bonds is 5. The van der Waals surface area contributed by atoms with Gasteiger partial charge in [0.2, 0.25) is 5.95 Å². The Bertz CT molecular complexity index is 1230. The maximum absolute atomic E-state index is 4.83. The molecule has 1 N–H and O–H groups in total. The summed E-state index contributed by atoms with van der Waals surface area (Å²) in [6, 6.07) is 10.5. The van der Waals surface area contributed by atoms with Gasteiger partial charge < -0.3 is 10.2 Å². The Balaban J connectivity index is 1.35. The Morgan fingerprint density at radius 2 is 1.81 bits per heavy atom. The molecule has 1 aliphatic heterocycles. The van der Waals surface area contributed by atoms with Crippen LogP contribution in [0.25, 0.3) is 21.9 Å². The molecule has 1 fully saturated rings. The molecule has 1 unspecified atom stereocenters. The van der Waals surface area contributed by atoms with Crippen molar-refractivity contribution in [3.05, 3.63) is 60.8 Å². The number of benzene rings is 1. The number of aryl methyl sites for hydroxylation is 1. The molecule has 1 atom stereocenters. The van der Waals surface area contributed by atoms with Gasteiger partial charge in [-0.25, -0.2) is 18.1 Å². The molecule has 9 heteroatoms. The van der Waals surface area contributed by atoms with Crippen molar-refractivity contribution in [3.8, 4) is 11.1 Å². The molecular formula is C23H25IN8. The van der Waals surface area contributed by atoms with Crippen LogP contribution >= 0.6 is 22.9 Å². The second kappa shape index (κ2) is 8.99. The normalized spacial score (nSPS) is 15.8. The van der Waals surface area contributed by atoms with Crippen molar-refractivity contribution in [1.29, 1.82) is 0 Å². The minimum atomic E-state index is 0.00840. The molecule has 0 amide bonds. The summed E-state index contributed by atoms with van der Waals surface area (Å²) in [5, 5.41) is 10.0. The van der Waals surface area contributed by atoms with Gasteiger partial charge in [0, 0.05) is 85.6 Å². The number of aromatic nitrogens is 5. The van der Waals surface area contributed by atoms with E-state index in [9.17, 15) is 0 Å². The quantitative estimate of drug-likeness (QED) is 0.302. The fourth-order valence-electron chi connectivity index (χ4n) is 3.90. The Morgan fingerprint density at radius 3 is 2.59 bits per heavy atom. The lowest BCUT2D eigenvalue weighted by molar-refractivity contribution is 0.455. The topological polar surface area (TPSA) is 75.0 Å². The maximum atomic E-state index is 4.83. The van der Waals surface area contributed by atoms with E-state index in [1.54, 1.807) is 0 Å². The zero-order valence-electron chi connectivity index (χ0n) is 18.1. The number of hydrogen-bond acceptors (Lipinski definition) is 7. The van der Waals surface area contributed by atoms with Gasteiger partial charge >= 0.3 is 0 Å². The van der Waals surface area contributed by atoms with Crippen LogP contribution in [0, 0.1) is 0 Å². The lowest BCUT2D eigenvalue weighted by Gasteiger charge is -2.31. The third kappa shape index (κ3) is 4.53. The lowest BCUT2D eigenvalue weighted by Crippen LogP contribution is -2.43. The number of anilines is 2. The summed E-state index contributed by atoms with van der Waals surface area (Å²) in [4.78, 5) is 16.2. The average molecular weight is 540 g/mol.